The van der Waals surface area contributed by atoms with E-state index >= 15 is 0 Å². The third kappa shape index (κ3) is 16.6. The first-order valence-electron chi connectivity index (χ1n) is 21.3. The fraction of sp³-hybridized carbons (Fsp3) is 0.632. The van der Waals surface area contributed by atoms with Gasteiger partial charge in [0.25, 0.3) is 27.8 Å². The van der Waals surface area contributed by atoms with Crippen LogP contribution in [0.1, 0.15) is 93.8 Å². The number of nitrogens with zero attached hydrogens (tertiary/aromatic N) is 4. The van der Waals surface area contributed by atoms with Gasteiger partial charge in [0, 0.05) is 59.9 Å². The summed E-state index contributed by atoms with van der Waals surface area (Å²) in [5.41, 5.74) is 5.14. The van der Waals surface area contributed by atoms with Crippen LogP contribution in [0, 0.1) is 23.3 Å². The molecule has 1 unspecified atom stereocenters. The van der Waals surface area contributed by atoms with E-state index in [2.05, 4.69) is 46.8 Å². The summed E-state index contributed by atoms with van der Waals surface area (Å²) in [7, 11) is -2.69. The van der Waals surface area contributed by atoms with E-state index in [4.69, 9.17) is 10.1 Å². The fourth-order valence-electron chi connectivity index (χ4n) is 7.06. The van der Waals surface area contributed by atoms with Crippen LogP contribution in [-0.2, 0) is 43.7 Å². The van der Waals surface area contributed by atoms with Gasteiger partial charge in [-0.25, -0.2) is 27.2 Å². The Morgan fingerprint density at radius 3 is 2.12 bits per heavy atom. The Morgan fingerprint density at radius 2 is 1.49 bits per heavy atom. The lowest BCUT2D eigenvalue weighted by Crippen LogP contribution is -2.47. The highest BCUT2D eigenvalue weighted by atomic mass is 33.1. The van der Waals surface area contributed by atoms with Crippen LogP contribution >= 0.6 is 33.3 Å². The maximum Gasteiger partial charge on any atom is 0.334 e. The number of hydrogen-bond acceptors (Lipinski definition) is 15. The minimum absolute atomic E-state index is 0.0320. The highest BCUT2D eigenvalue weighted by molar-refractivity contribution is 8.76. The number of hydroxylamine groups is 2. The third-order valence-corrected chi connectivity index (χ3v) is 15.5. The van der Waals surface area contributed by atoms with Crippen molar-refractivity contribution in [3.8, 4) is 0 Å². The van der Waals surface area contributed by atoms with E-state index in [1.165, 1.54) is 0 Å². The highest BCUT2D eigenvalue weighted by Crippen LogP contribution is 2.34. The van der Waals surface area contributed by atoms with Gasteiger partial charge in [-0.3, -0.25) is 33.3 Å². The van der Waals surface area contributed by atoms with E-state index < -0.39 is 91.9 Å². The number of urea groups is 1. The Balaban J connectivity index is 1.14. The van der Waals surface area contributed by atoms with Crippen molar-refractivity contribution in [2.75, 3.05) is 36.9 Å². The monoisotopic (exact) mass is 1040 g/mol. The predicted octanol–water partition coefficient (Wildman–Crippen LogP) is 3.33. The number of nitrogens with one attached hydrogen (secondary N) is 6. The van der Waals surface area contributed by atoms with Crippen molar-refractivity contribution < 1.29 is 73.7 Å². The Morgan fingerprint density at radius 1 is 0.853 bits per heavy atom. The number of carbonyl (C=O) groups is 8. The number of amides is 8. The lowest BCUT2D eigenvalue weighted by Gasteiger charge is -2.19. The molecular formula is C38H50F4N10O12S4. The smallest absolute Gasteiger partial charge is 0.334 e. The first kappa shape index (κ1) is 55.6. The molecule has 5 atom stereocenters. The summed E-state index contributed by atoms with van der Waals surface area (Å²) in [6.07, 6.45) is 4.04. The fourth-order valence-corrected chi connectivity index (χ4v) is 11.2. The van der Waals surface area contributed by atoms with Gasteiger partial charge in [0.05, 0.1) is 24.9 Å². The van der Waals surface area contributed by atoms with E-state index in [1.54, 1.807) is 0 Å². The molecule has 3 fully saturated rings. The Bertz CT molecular complexity index is 2200. The van der Waals surface area contributed by atoms with Crippen molar-refractivity contribution in [3.63, 3.8) is 0 Å². The van der Waals surface area contributed by atoms with Gasteiger partial charge >= 0.3 is 12.0 Å². The first-order chi connectivity index (χ1) is 32.3. The number of hydrogen-bond donors (Lipinski definition) is 7. The molecule has 0 aliphatic carbocycles. The lowest BCUT2D eigenvalue weighted by atomic mass is 10.0. The summed E-state index contributed by atoms with van der Waals surface area (Å²) in [5.74, 6) is -14.0. The second-order valence-electron chi connectivity index (χ2n) is 15.5. The number of imide groups is 1. The summed E-state index contributed by atoms with van der Waals surface area (Å²) in [6, 6.07) is -1.35. The van der Waals surface area contributed by atoms with E-state index in [0.29, 0.717) is 37.5 Å². The number of rotatable bonds is 29. The molecule has 0 aromatic heterocycles. The maximum absolute atomic E-state index is 14.8. The van der Waals surface area contributed by atoms with Gasteiger partial charge in [-0.1, -0.05) is 39.5 Å². The quantitative estimate of drug-likeness (QED) is 0.00578. The lowest BCUT2D eigenvalue weighted by molar-refractivity contribution is -0.197. The zero-order valence-corrected chi connectivity index (χ0v) is 39.5. The Labute approximate surface area is 399 Å². The molecule has 3 aliphatic rings. The molecule has 3 saturated heterocycles. The summed E-state index contributed by atoms with van der Waals surface area (Å²) in [6.45, 7) is 0.550. The molecular weight excluding hydrogens is 993 g/mol. The molecule has 0 radical (unpaired) electrons. The standard InChI is InChI=1S/C38H50F4N10O12S4/c39-29-28(30(40)32(42)34(31(29)41)50-51-43)36(58)47-20(35(57)46-15-17-67-66-16-12-27(56)64-52-26(55)18-23(37(52)59)68(61,62)63)8-5-7-14-45-24(53)10-2-1-6-13-44-25(54)11-4-3-9-22-33-21(19-65-22)48-38(60)49-33/h20-23,33H,1-19H2,(H,44,54)(H,45,53)(H,46,57)(H,47,58)(H2,48,49,60)(H,61,62,63)/t20-,21-,22-,23?,33-/m0/s1. The maximum atomic E-state index is 14.8. The number of halogens is 4. The van der Waals surface area contributed by atoms with E-state index in [9.17, 15) is 64.3 Å². The van der Waals surface area contributed by atoms with Crippen molar-refractivity contribution >= 4 is 96.6 Å². The van der Waals surface area contributed by atoms with Crippen LogP contribution < -0.4 is 31.9 Å². The minimum Gasteiger partial charge on any atom is -0.356 e. The Hall–Kier alpha value is -5.03. The Kier molecular flexibility index (Phi) is 22.3. The summed E-state index contributed by atoms with van der Waals surface area (Å²) >= 11 is 1.83. The van der Waals surface area contributed by atoms with E-state index in [0.717, 1.165) is 46.6 Å². The molecule has 3 heterocycles. The van der Waals surface area contributed by atoms with Gasteiger partial charge in [0.15, 0.2) is 28.5 Å². The normalized spacial score (nSPS) is 19.1. The van der Waals surface area contributed by atoms with Gasteiger partial charge in [0.2, 0.25) is 17.7 Å². The number of fused-ring (bicyclic) bond motifs is 1. The van der Waals surface area contributed by atoms with Crippen molar-refractivity contribution in [2.24, 2.45) is 5.11 Å². The SMILES string of the molecule is [N-]=[N+]=Nc1c(F)c(F)c(C(=O)N[C@@H](CCCCNC(=O)CCCCCNC(=O)CCCC[C@@H]2SC[C@@H]3NC(=O)N[C@@H]32)C(=O)NCCSSCCC(=O)ON2C(=O)CC(S(=O)(=O)O)C2=O)c(F)c1F. The van der Waals surface area contributed by atoms with Crippen molar-refractivity contribution in [1.29, 1.82) is 0 Å². The molecule has 7 N–H and O–H groups in total. The number of thioether (sulfide) groups is 1. The second kappa shape index (κ2) is 27.2. The largest absolute Gasteiger partial charge is 0.356 e. The van der Waals surface area contributed by atoms with E-state index in [1.807, 2.05) is 11.8 Å². The van der Waals surface area contributed by atoms with Crippen LogP contribution in [0.15, 0.2) is 5.11 Å². The van der Waals surface area contributed by atoms with Gasteiger partial charge in [-0.15, -0.1) is 5.06 Å². The summed E-state index contributed by atoms with van der Waals surface area (Å²) < 4.78 is 90.0. The predicted molar refractivity (Wildman–Crippen MR) is 239 cm³/mol. The first-order valence-corrected chi connectivity index (χ1v) is 26.4. The van der Waals surface area contributed by atoms with Crippen LogP contribution in [-0.4, -0.2) is 131 Å². The van der Waals surface area contributed by atoms with E-state index in [-0.39, 0.29) is 91.7 Å². The molecule has 0 bridgehead atoms. The van der Waals surface area contributed by atoms with Crippen molar-refractivity contribution in [2.45, 2.75) is 112 Å². The molecule has 1 aromatic rings. The molecule has 3 aliphatic heterocycles. The molecule has 376 valence electrons. The zero-order valence-electron chi connectivity index (χ0n) is 36.2. The van der Waals surface area contributed by atoms with Crippen LogP contribution in [0.3, 0.4) is 0 Å². The third-order valence-electron chi connectivity index (χ3n) is 10.5. The summed E-state index contributed by atoms with van der Waals surface area (Å²) in [5, 5.41) is 16.8. The van der Waals surface area contributed by atoms with Crippen LogP contribution in [0.2, 0.25) is 0 Å². The minimum atomic E-state index is -4.90. The molecule has 4 rings (SSSR count). The molecule has 0 saturated carbocycles. The molecule has 22 nitrogen and oxygen atoms in total. The zero-order chi connectivity index (χ0) is 50.0. The summed E-state index contributed by atoms with van der Waals surface area (Å²) in [4.78, 5) is 105. The van der Waals surface area contributed by atoms with Crippen LogP contribution in [0.25, 0.3) is 10.4 Å². The highest BCUT2D eigenvalue weighted by Gasteiger charge is 2.48. The number of azide groups is 1. The molecule has 0 spiro atoms. The van der Waals surface area contributed by atoms with Gasteiger partial charge in [-0.2, -0.15) is 20.2 Å². The number of carbonyl (C=O) groups excluding carboxylic acids is 8. The van der Waals surface area contributed by atoms with Crippen molar-refractivity contribution in [3.05, 3.63) is 39.3 Å². The van der Waals surface area contributed by atoms with Crippen molar-refractivity contribution in [1.82, 2.24) is 37.0 Å². The molecule has 1 aromatic carbocycles. The van der Waals surface area contributed by atoms with Crippen LogP contribution in [0.4, 0.5) is 28.0 Å². The number of unbranched alkanes of at least 4 members (excludes halogenated alkanes) is 4. The average molecular weight is 1040 g/mol. The molecule has 8 amide bonds. The van der Waals surface area contributed by atoms with Gasteiger partial charge in [0.1, 0.15) is 17.3 Å². The second-order valence-corrected chi connectivity index (χ2v) is 21.0. The molecule has 30 heteroatoms. The van der Waals surface area contributed by atoms with Gasteiger partial charge in [-0.05, 0) is 50.5 Å². The number of benzene rings is 1. The average Bonchev–Trinajstić information content (AvgIpc) is 3.94. The topological polar surface area (TPSA) is 324 Å². The molecule has 68 heavy (non-hydrogen) atoms. The van der Waals surface area contributed by atoms with Crippen LogP contribution in [0.5, 0.6) is 0 Å². The van der Waals surface area contributed by atoms with Gasteiger partial charge < -0.3 is 36.7 Å².